The third kappa shape index (κ3) is 5.46. The zero-order valence-corrected chi connectivity index (χ0v) is 18.8. The van der Waals surface area contributed by atoms with E-state index in [1.165, 1.54) is 13.0 Å². The van der Waals surface area contributed by atoms with E-state index in [0.717, 1.165) is 55.8 Å². The van der Waals surface area contributed by atoms with Crippen molar-refractivity contribution in [1.29, 1.82) is 0 Å². The molecule has 0 atom stereocenters. The molecule has 1 aliphatic rings. The molecule has 7 heteroatoms. The normalized spacial score (nSPS) is 15.6. The molecule has 0 saturated carbocycles. The van der Waals surface area contributed by atoms with Crippen LogP contribution in [0.4, 0.5) is 0 Å². The quantitative estimate of drug-likeness (QED) is 0.669. The molecule has 1 aliphatic heterocycles. The van der Waals surface area contributed by atoms with Crippen LogP contribution in [0.15, 0.2) is 16.9 Å². The molecule has 1 aromatic carbocycles. The van der Waals surface area contributed by atoms with Gasteiger partial charge >= 0.3 is 0 Å². The summed E-state index contributed by atoms with van der Waals surface area (Å²) in [5, 5.41) is 2.98. The molecule has 0 aliphatic carbocycles. The lowest BCUT2D eigenvalue weighted by molar-refractivity contribution is -0.121. The lowest BCUT2D eigenvalue weighted by Crippen LogP contribution is -2.47. The molecular weight excluding hydrogens is 378 g/mol. The third-order valence-electron chi connectivity index (χ3n) is 6.00. The molecular formula is C23H35N5O2. The van der Waals surface area contributed by atoms with Gasteiger partial charge in [-0.25, -0.2) is 4.98 Å². The molecule has 164 valence electrons. The summed E-state index contributed by atoms with van der Waals surface area (Å²) in [5.74, 6) is -0.130. The van der Waals surface area contributed by atoms with E-state index in [0.29, 0.717) is 17.8 Å². The van der Waals surface area contributed by atoms with Crippen LogP contribution in [0.1, 0.15) is 36.6 Å². The van der Waals surface area contributed by atoms with Gasteiger partial charge in [0.05, 0.1) is 11.0 Å². The van der Waals surface area contributed by atoms with Crippen molar-refractivity contribution in [2.45, 2.75) is 47.1 Å². The van der Waals surface area contributed by atoms with Gasteiger partial charge in [0.15, 0.2) is 0 Å². The summed E-state index contributed by atoms with van der Waals surface area (Å²) in [7, 11) is 0. The summed E-state index contributed by atoms with van der Waals surface area (Å²) in [5.41, 5.74) is 3.89. The van der Waals surface area contributed by atoms with E-state index < -0.39 is 0 Å². The zero-order valence-electron chi connectivity index (χ0n) is 18.8. The Hall–Kier alpha value is -2.25. The van der Waals surface area contributed by atoms with Crippen molar-refractivity contribution in [2.75, 3.05) is 45.8 Å². The van der Waals surface area contributed by atoms with Gasteiger partial charge in [0.2, 0.25) is 5.91 Å². The van der Waals surface area contributed by atoms with Crippen molar-refractivity contribution >= 4 is 16.9 Å². The van der Waals surface area contributed by atoms with Crippen molar-refractivity contribution in [1.82, 2.24) is 24.7 Å². The number of hydrogen-bond acceptors (Lipinski definition) is 5. The standard InChI is InChI=1S/C23H35N5O2/c1-5-8-26-10-12-27(13-11-26)9-6-7-24-22(29)16-28-21-15-18(3)17(2)14-20(21)25-19(4)23(28)30/h14-15H,5-13,16H2,1-4H3,(H,24,29). The summed E-state index contributed by atoms with van der Waals surface area (Å²) in [4.78, 5) is 34.6. The van der Waals surface area contributed by atoms with E-state index in [1.54, 1.807) is 11.5 Å². The fourth-order valence-electron chi connectivity index (χ4n) is 4.06. The van der Waals surface area contributed by atoms with Crippen LogP contribution in [0.5, 0.6) is 0 Å². The number of amides is 1. The van der Waals surface area contributed by atoms with Crippen LogP contribution in [0.3, 0.4) is 0 Å². The molecule has 0 bridgehead atoms. The minimum atomic E-state index is -0.203. The molecule has 30 heavy (non-hydrogen) atoms. The van der Waals surface area contributed by atoms with Crippen molar-refractivity contribution in [3.05, 3.63) is 39.3 Å². The Kier molecular flexibility index (Phi) is 7.61. The number of hydrogen-bond donors (Lipinski definition) is 1. The summed E-state index contributed by atoms with van der Waals surface area (Å²) in [6, 6.07) is 3.93. The van der Waals surface area contributed by atoms with Gasteiger partial charge in [-0.15, -0.1) is 0 Å². The SMILES string of the molecule is CCCN1CCN(CCCNC(=O)Cn2c(=O)c(C)nc3cc(C)c(C)cc32)CC1. The number of nitrogens with zero attached hydrogens (tertiary/aromatic N) is 4. The first-order chi connectivity index (χ1) is 14.4. The summed E-state index contributed by atoms with van der Waals surface area (Å²) in [6.07, 6.45) is 2.13. The average Bonchev–Trinajstić information content (AvgIpc) is 2.72. The van der Waals surface area contributed by atoms with Gasteiger partial charge in [0.25, 0.3) is 5.56 Å². The van der Waals surface area contributed by atoms with E-state index >= 15 is 0 Å². The minimum absolute atomic E-state index is 0.0247. The molecule has 0 radical (unpaired) electrons. The molecule has 0 spiro atoms. The maximum atomic E-state index is 12.6. The predicted octanol–water partition coefficient (Wildman–Crippen LogP) is 1.86. The van der Waals surface area contributed by atoms with Gasteiger partial charge in [-0.3, -0.25) is 14.2 Å². The topological polar surface area (TPSA) is 70.5 Å². The van der Waals surface area contributed by atoms with E-state index in [4.69, 9.17) is 0 Å². The van der Waals surface area contributed by atoms with Gasteiger partial charge in [-0.05, 0) is 70.0 Å². The van der Waals surface area contributed by atoms with Crippen LogP contribution in [0.2, 0.25) is 0 Å². The Morgan fingerprint density at radius 3 is 2.33 bits per heavy atom. The summed E-state index contributed by atoms with van der Waals surface area (Å²) >= 11 is 0. The van der Waals surface area contributed by atoms with E-state index in [-0.39, 0.29) is 18.0 Å². The van der Waals surface area contributed by atoms with E-state index in [9.17, 15) is 9.59 Å². The molecule has 1 saturated heterocycles. The number of nitrogens with one attached hydrogen (secondary N) is 1. The Balaban J connectivity index is 1.53. The monoisotopic (exact) mass is 413 g/mol. The van der Waals surface area contributed by atoms with E-state index in [1.807, 2.05) is 26.0 Å². The van der Waals surface area contributed by atoms with Crippen LogP contribution in [0.25, 0.3) is 11.0 Å². The average molecular weight is 414 g/mol. The second-order valence-corrected chi connectivity index (χ2v) is 8.40. The third-order valence-corrected chi connectivity index (χ3v) is 6.00. The molecule has 0 unspecified atom stereocenters. The molecule has 2 heterocycles. The van der Waals surface area contributed by atoms with Crippen molar-refractivity contribution in [3.63, 3.8) is 0 Å². The Labute approximate surface area is 179 Å². The molecule has 1 amide bonds. The largest absolute Gasteiger partial charge is 0.355 e. The highest BCUT2D eigenvalue weighted by molar-refractivity contribution is 5.81. The highest BCUT2D eigenvalue weighted by Crippen LogP contribution is 2.17. The number of benzene rings is 1. The second kappa shape index (κ2) is 10.2. The van der Waals surface area contributed by atoms with Crippen LogP contribution in [0, 0.1) is 20.8 Å². The Morgan fingerprint density at radius 2 is 1.67 bits per heavy atom. The highest BCUT2D eigenvalue weighted by Gasteiger charge is 2.16. The molecule has 7 nitrogen and oxygen atoms in total. The Bertz CT molecular complexity index is 945. The van der Waals surface area contributed by atoms with Crippen LogP contribution in [-0.4, -0.2) is 71.1 Å². The first kappa shape index (κ1) is 22.4. The van der Waals surface area contributed by atoms with Crippen LogP contribution >= 0.6 is 0 Å². The first-order valence-corrected chi connectivity index (χ1v) is 11.1. The van der Waals surface area contributed by atoms with Gasteiger partial charge in [0, 0.05) is 32.7 Å². The fourth-order valence-corrected chi connectivity index (χ4v) is 4.06. The number of aryl methyl sites for hydroxylation is 3. The van der Waals surface area contributed by atoms with Gasteiger partial charge in [-0.1, -0.05) is 6.92 Å². The predicted molar refractivity (Wildman–Crippen MR) is 121 cm³/mol. The van der Waals surface area contributed by atoms with Crippen LogP contribution in [-0.2, 0) is 11.3 Å². The molecule has 2 aromatic rings. The van der Waals surface area contributed by atoms with Crippen molar-refractivity contribution < 1.29 is 4.79 Å². The highest BCUT2D eigenvalue weighted by atomic mass is 16.2. The second-order valence-electron chi connectivity index (χ2n) is 8.40. The smallest absolute Gasteiger partial charge is 0.272 e. The molecule has 3 rings (SSSR count). The van der Waals surface area contributed by atoms with Gasteiger partial charge < -0.3 is 15.1 Å². The first-order valence-electron chi connectivity index (χ1n) is 11.1. The number of fused-ring (bicyclic) bond motifs is 1. The number of carbonyl (C=O) groups excluding carboxylic acids is 1. The summed E-state index contributed by atoms with van der Waals surface area (Å²) in [6.45, 7) is 15.3. The van der Waals surface area contributed by atoms with Gasteiger partial charge in [-0.2, -0.15) is 0 Å². The number of rotatable bonds is 8. The molecule has 1 fully saturated rings. The number of aromatic nitrogens is 2. The lowest BCUT2D eigenvalue weighted by Gasteiger charge is -2.34. The maximum absolute atomic E-state index is 12.6. The summed E-state index contributed by atoms with van der Waals surface area (Å²) < 4.78 is 1.55. The maximum Gasteiger partial charge on any atom is 0.272 e. The lowest BCUT2D eigenvalue weighted by atomic mass is 10.1. The number of piperazine rings is 1. The van der Waals surface area contributed by atoms with Crippen molar-refractivity contribution in [3.8, 4) is 0 Å². The van der Waals surface area contributed by atoms with Crippen LogP contribution < -0.4 is 10.9 Å². The number of carbonyl (C=O) groups is 1. The Morgan fingerprint density at radius 1 is 1.03 bits per heavy atom. The zero-order chi connectivity index (χ0) is 21.7. The minimum Gasteiger partial charge on any atom is -0.355 e. The van der Waals surface area contributed by atoms with Crippen molar-refractivity contribution in [2.24, 2.45) is 0 Å². The van der Waals surface area contributed by atoms with E-state index in [2.05, 4.69) is 27.0 Å². The molecule has 1 N–H and O–H groups in total. The fraction of sp³-hybridized carbons (Fsp3) is 0.609. The molecule has 1 aromatic heterocycles. The van der Waals surface area contributed by atoms with Gasteiger partial charge in [0.1, 0.15) is 12.2 Å².